The number of benzene rings is 2. The van der Waals surface area contributed by atoms with Gasteiger partial charge >= 0.3 is 0 Å². The first-order valence-corrected chi connectivity index (χ1v) is 7.09. The van der Waals surface area contributed by atoms with E-state index in [1.54, 1.807) is 0 Å². The van der Waals surface area contributed by atoms with E-state index in [1.165, 1.54) is 16.7 Å². The van der Waals surface area contributed by atoms with E-state index in [0.29, 0.717) is 6.04 Å². The number of hydrogen-bond acceptors (Lipinski definition) is 1. The van der Waals surface area contributed by atoms with Crippen LogP contribution in [0.15, 0.2) is 42.5 Å². The Balaban J connectivity index is 2.34. The lowest BCUT2D eigenvalue weighted by Crippen LogP contribution is -2.17. The molecule has 0 aliphatic heterocycles. The summed E-state index contributed by atoms with van der Waals surface area (Å²) in [6.45, 7) is 7.31. The molecule has 0 heterocycles. The van der Waals surface area contributed by atoms with Gasteiger partial charge in [-0.25, -0.2) is 0 Å². The Bertz CT molecular complexity index is 563. The van der Waals surface area contributed by atoms with E-state index in [4.69, 9.17) is 11.6 Å². The van der Waals surface area contributed by atoms with Gasteiger partial charge in [-0.2, -0.15) is 0 Å². The van der Waals surface area contributed by atoms with Gasteiger partial charge in [-0.3, -0.25) is 0 Å². The SMILES string of the molecule is CCNC(C)c1cccc(-c2ccc(C)c(Cl)c2)c1. The van der Waals surface area contributed by atoms with Crippen molar-refractivity contribution in [1.82, 2.24) is 5.32 Å². The molecule has 0 bridgehead atoms. The fourth-order valence-electron chi connectivity index (χ4n) is 2.18. The van der Waals surface area contributed by atoms with Crippen LogP contribution in [0.4, 0.5) is 0 Å². The second kappa shape index (κ2) is 6.23. The molecule has 2 aromatic carbocycles. The van der Waals surface area contributed by atoms with E-state index in [-0.39, 0.29) is 0 Å². The smallest absolute Gasteiger partial charge is 0.0441 e. The van der Waals surface area contributed by atoms with E-state index >= 15 is 0 Å². The van der Waals surface area contributed by atoms with Crippen LogP contribution in [-0.4, -0.2) is 6.54 Å². The maximum Gasteiger partial charge on any atom is 0.0441 e. The van der Waals surface area contributed by atoms with Crippen molar-refractivity contribution in [2.75, 3.05) is 6.54 Å². The van der Waals surface area contributed by atoms with E-state index in [2.05, 4.69) is 55.6 Å². The van der Waals surface area contributed by atoms with Crippen LogP contribution in [0.2, 0.25) is 5.02 Å². The van der Waals surface area contributed by atoms with Gasteiger partial charge in [-0.05, 0) is 54.8 Å². The molecule has 0 saturated heterocycles. The number of halogens is 1. The molecule has 1 atom stereocenters. The molecule has 1 unspecified atom stereocenters. The van der Waals surface area contributed by atoms with E-state index in [1.807, 2.05) is 13.0 Å². The minimum atomic E-state index is 0.367. The number of nitrogens with one attached hydrogen (secondary N) is 1. The zero-order valence-electron chi connectivity index (χ0n) is 11.7. The fraction of sp³-hybridized carbons (Fsp3) is 0.294. The summed E-state index contributed by atoms with van der Waals surface area (Å²) in [7, 11) is 0. The molecule has 2 rings (SSSR count). The van der Waals surface area contributed by atoms with Crippen molar-refractivity contribution in [3.63, 3.8) is 0 Å². The molecule has 0 radical (unpaired) electrons. The summed E-state index contributed by atoms with van der Waals surface area (Å²) >= 11 is 6.20. The zero-order chi connectivity index (χ0) is 13.8. The Morgan fingerprint density at radius 2 is 1.84 bits per heavy atom. The summed E-state index contributed by atoms with van der Waals surface area (Å²) < 4.78 is 0. The van der Waals surface area contributed by atoms with Gasteiger partial charge in [0.25, 0.3) is 0 Å². The summed E-state index contributed by atoms with van der Waals surface area (Å²) in [4.78, 5) is 0. The van der Waals surface area contributed by atoms with Gasteiger partial charge in [0.2, 0.25) is 0 Å². The molecular formula is C17H20ClN. The summed E-state index contributed by atoms with van der Waals surface area (Å²) in [5.74, 6) is 0. The average molecular weight is 274 g/mol. The first-order chi connectivity index (χ1) is 9.11. The van der Waals surface area contributed by atoms with Gasteiger partial charge in [0.1, 0.15) is 0 Å². The van der Waals surface area contributed by atoms with Gasteiger partial charge in [-0.15, -0.1) is 0 Å². The van der Waals surface area contributed by atoms with Crippen molar-refractivity contribution in [3.8, 4) is 11.1 Å². The van der Waals surface area contributed by atoms with Crippen molar-refractivity contribution in [1.29, 1.82) is 0 Å². The predicted octanol–water partition coefficient (Wildman–Crippen LogP) is 4.99. The maximum absolute atomic E-state index is 6.20. The van der Waals surface area contributed by atoms with Crippen molar-refractivity contribution in [3.05, 3.63) is 58.6 Å². The highest BCUT2D eigenvalue weighted by molar-refractivity contribution is 6.31. The summed E-state index contributed by atoms with van der Waals surface area (Å²) in [6.07, 6.45) is 0. The van der Waals surface area contributed by atoms with Crippen molar-refractivity contribution < 1.29 is 0 Å². The average Bonchev–Trinajstić information content (AvgIpc) is 2.42. The molecule has 0 aromatic heterocycles. The number of hydrogen-bond donors (Lipinski definition) is 1. The highest BCUT2D eigenvalue weighted by Crippen LogP contribution is 2.27. The van der Waals surface area contributed by atoms with Crippen LogP contribution in [0.3, 0.4) is 0 Å². The Morgan fingerprint density at radius 3 is 2.53 bits per heavy atom. The van der Waals surface area contributed by atoms with Crippen molar-refractivity contribution in [2.24, 2.45) is 0 Å². The highest BCUT2D eigenvalue weighted by atomic mass is 35.5. The van der Waals surface area contributed by atoms with Crippen LogP contribution in [0, 0.1) is 6.92 Å². The number of aryl methyl sites for hydroxylation is 1. The minimum absolute atomic E-state index is 0.367. The monoisotopic (exact) mass is 273 g/mol. The molecule has 100 valence electrons. The Morgan fingerprint density at radius 1 is 1.11 bits per heavy atom. The van der Waals surface area contributed by atoms with Crippen LogP contribution in [0.25, 0.3) is 11.1 Å². The summed E-state index contributed by atoms with van der Waals surface area (Å²) in [5.41, 5.74) is 4.80. The Kier molecular flexibility index (Phi) is 4.62. The molecule has 0 fully saturated rings. The van der Waals surface area contributed by atoms with Crippen LogP contribution in [0.5, 0.6) is 0 Å². The van der Waals surface area contributed by atoms with E-state index in [9.17, 15) is 0 Å². The van der Waals surface area contributed by atoms with E-state index < -0.39 is 0 Å². The third-order valence-electron chi connectivity index (χ3n) is 3.40. The quantitative estimate of drug-likeness (QED) is 0.828. The van der Waals surface area contributed by atoms with Gasteiger partial charge in [0.15, 0.2) is 0 Å². The van der Waals surface area contributed by atoms with Gasteiger partial charge < -0.3 is 5.32 Å². The molecule has 0 aliphatic carbocycles. The van der Waals surface area contributed by atoms with Gasteiger partial charge in [0, 0.05) is 11.1 Å². The zero-order valence-corrected chi connectivity index (χ0v) is 12.5. The third-order valence-corrected chi connectivity index (χ3v) is 3.81. The normalized spacial score (nSPS) is 12.4. The van der Waals surface area contributed by atoms with Crippen LogP contribution >= 0.6 is 11.6 Å². The van der Waals surface area contributed by atoms with Gasteiger partial charge in [-0.1, -0.05) is 48.9 Å². The largest absolute Gasteiger partial charge is 0.310 e. The molecule has 0 saturated carbocycles. The predicted molar refractivity (Wildman–Crippen MR) is 83.7 cm³/mol. The minimum Gasteiger partial charge on any atom is -0.310 e. The lowest BCUT2D eigenvalue weighted by molar-refractivity contribution is 0.598. The first-order valence-electron chi connectivity index (χ1n) is 6.71. The molecule has 2 aromatic rings. The van der Waals surface area contributed by atoms with Crippen molar-refractivity contribution >= 4 is 11.6 Å². The molecular weight excluding hydrogens is 254 g/mol. The summed E-state index contributed by atoms with van der Waals surface area (Å²) in [5, 5.41) is 4.26. The maximum atomic E-state index is 6.20. The number of rotatable bonds is 4. The Hall–Kier alpha value is -1.31. The fourth-order valence-corrected chi connectivity index (χ4v) is 2.36. The Labute approximate surface area is 120 Å². The van der Waals surface area contributed by atoms with Crippen LogP contribution in [-0.2, 0) is 0 Å². The topological polar surface area (TPSA) is 12.0 Å². The molecule has 1 nitrogen and oxygen atoms in total. The molecule has 0 aliphatic rings. The van der Waals surface area contributed by atoms with Crippen LogP contribution < -0.4 is 5.32 Å². The summed E-state index contributed by atoms with van der Waals surface area (Å²) in [6, 6.07) is 15.2. The highest BCUT2D eigenvalue weighted by Gasteiger charge is 2.06. The second-order valence-electron chi connectivity index (χ2n) is 4.87. The standard InChI is InChI=1S/C17H20ClN/c1-4-19-13(3)14-6-5-7-15(10-14)16-9-8-12(2)17(18)11-16/h5-11,13,19H,4H2,1-3H3. The second-order valence-corrected chi connectivity index (χ2v) is 5.28. The van der Waals surface area contributed by atoms with Crippen molar-refractivity contribution in [2.45, 2.75) is 26.8 Å². The van der Waals surface area contributed by atoms with E-state index in [0.717, 1.165) is 17.1 Å². The lowest BCUT2D eigenvalue weighted by Gasteiger charge is -2.14. The third kappa shape index (κ3) is 3.37. The van der Waals surface area contributed by atoms with Crippen LogP contribution in [0.1, 0.15) is 31.0 Å². The molecule has 0 spiro atoms. The van der Waals surface area contributed by atoms with Gasteiger partial charge in [0.05, 0.1) is 0 Å². The molecule has 1 N–H and O–H groups in total. The molecule has 19 heavy (non-hydrogen) atoms. The lowest BCUT2D eigenvalue weighted by atomic mass is 9.99. The first kappa shape index (κ1) is 14.1. The molecule has 2 heteroatoms. The molecule has 0 amide bonds.